The summed E-state index contributed by atoms with van der Waals surface area (Å²) >= 11 is 5.82. The van der Waals surface area contributed by atoms with Gasteiger partial charge in [0.05, 0.1) is 7.11 Å². The first kappa shape index (κ1) is 16.7. The Morgan fingerprint density at radius 3 is 2.65 bits per heavy atom. The molecule has 112 valence electrons. The summed E-state index contributed by atoms with van der Waals surface area (Å²) in [6.07, 6.45) is 1.40. The number of hydrogen-bond acceptors (Lipinski definition) is 4. The average molecular weight is 300 g/mol. The number of nitrogens with one attached hydrogen (secondary N) is 1. The minimum absolute atomic E-state index is 0.119. The second kappa shape index (κ2) is 6.88. The molecule has 1 unspecified atom stereocenters. The quantitative estimate of drug-likeness (QED) is 0.845. The molecule has 0 bridgehead atoms. The molecule has 0 aliphatic heterocycles. The van der Waals surface area contributed by atoms with Crippen molar-refractivity contribution in [2.24, 2.45) is 11.3 Å². The molecule has 0 spiro atoms. The van der Waals surface area contributed by atoms with E-state index >= 15 is 0 Å². The zero-order chi connectivity index (χ0) is 15.3. The molecule has 0 saturated heterocycles. The van der Waals surface area contributed by atoms with E-state index in [9.17, 15) is 4.79 Å². The van der Waals surface area contributed by atoms with E-state index in [4.69, 9.17) is 16.3 Å². The second-order valence-electron chi connectivity index (χ2n) is 6.18. The van der Waals surface area contributed by atoms with Crippen LogP contribution in [-0.2, 0) is 4.79 Å². The van der Waals surface area contributed by atoms with Crippen LogP contribution in [0.1, 0.15) is 40.5 Å². The Kier molecular flexibility index (Phi) is 5.74. The van der Waals surface area contributed by atoms with Crippen molar-refractivity contribution in [2.45, 2.75) is 40.5 Å². The molecule has 20 heavy (non-hydrogen) atoms. The highest BCUT2D eigenvalue weighted by Crippen LogP contribution is 2.26. The number of hydrogen-bond donors (Lipinski definition) is 1. The standard InChI is InChI=1S/C14H22ClN3O2/c1-9(8-14(2,3)4)6-11(19)17-13-16-10(15)7-12(18-13)20-5/h7,9H,6,8H2,1-5H3,(H,16,17,18,19). The van der Waals surface area contributed by atoms with Crippen LogP contribution in [0.3, 0.4) is 0 Å². The smallest absolute Gasteiger partial charge is 0.234 e. The van der Waals surface area contributed by atoms with Crippen LogP contribution in [0.15, 0.2) is 6.07 Å². The van der Waals surface area contributed by atoms with E-state index in [0.29, 0.717) is 12.3 Å². The summed E-state index contributed by atoms with van der Waals surface area (Å²) < 4.78 is 4.98. The van der Waals surface area contributed by atoms with Crippen LogP contribution in [0.2, 0.25) is 5.15 Å². The molecular weight excluding hydrogens is 278 g/mol. The third-order valence-electron chi connectivity index (χ3n) is 2.63. The minimum Gasteiger partial charge on any atom is -0.481 e. The molecule has 6 heteroatoms. The van der Waals surface area contributed by atoms with Crippen LogP contribution in [0.25, 0.3) is 0 Å². The van der Waals surface area contributed by atoms with E-state index in [2.05, 4.69) is 43.0 Å². The van der Waals surface area contributed by atoms with Gasteiger partial charge in [0.1, 0.15) is 5.15 Å². The number of methoxy groups -OCH3 is 1. The zero-order valence-corrected chi connectivity index (χ0v) is 13.4. The van der Waals surface area contributed by atoms with Crippen molar-refractivity contribution in [3.05, 3.63) is 11.2 Å². The van der Waals surface area contributed by atoms with Crippen LogP contribution in [0.5, 0.6) is 5.88 Å². The lowest BCUT2D eigenvalue weighted by Crippen LogP contribution is -2.20. The van der Waals surface area contributed by atoms with Crippen molar-refractivity contribution in [3.8, 4) is 5.88 Å². The zero-order valence-electron chi connectivity index (χ0n) is 12.7. The van der Waals surface area contributed by atoms with Crippen LogP contribution < -0.4 is 10.1 Å². The largest absolute Gasteiger partial charge is 0.481 e. The van der Waals surface area contributed by atoms with Gasteiger partial charge < -0.3 is 4.74 Å². The van der Waals surface area contributed by atoms with Gasteiger partial charge in [-0.05, 0) is 17.8 Å². The number of carbonyl (C=O) groups is 1. The molecule has 1 rings (SSSR count). The summed E-state index contributed by atoms with van der Waals surface area (Å²) in [5, 5.41) is 2.88. The lowest BCUT2D eigenvalue weighted by Gasteiger charge is -2.22. The third kappa shape index (κ3) is 6.19. The fraction of sp³-hybridized carbons (Fsp3) is 0.643. The van der Waals surface area contributed by atoms with E-state index in [1.807, 2.05) is 0 Å². The molecule has 1 aromatic rings. The number of halogens is 1. The molecule has 1 heterocycles. The molecule has 0 saturated carbocycles. The van der Waals surface area contributed by atoms with E-state index in [1.54, 1.807) is 0 Å². The van der Waals surface area contributed by atoms with Crippen molar-refractivity contribution < 1.29 is 9.53 Å². The highest BCUT2D eigenvalue weighted by atomic mass is 35.5. The van der Waals surface area contributed by atoms with E-state index in [-0.39, 0.29) is 28.3 Å². The predicted molar refractivity (Wildman–Crippen MR) is 80.1 cm³/mol. The molecule has 0 aliphatic carbocycles. The molecular formula is C14H22ClN3O2. The Balaban J connectivity index is 2.60. The second-order valence-corrected chi connectivity index (χ2v) is 6.57. The number of ether oxygens (including phenoxy) is 1. The Morgan fingerprint density at radius 1 is 1.45 bits per heavy atom. The average Bonchev–Trinajstić information content (AvgIpc) is 2.24. The summed E-state index contributed by atoms with van der Waals surface area (Å²) in [7, 11) is 1.48. The van der Waals surface area contributed by atoms with Crippen molar-refractivity contribution in [3.63, 3.8) is 0 Å². The third-order valence-corrected chi connectivity index (χ3v) is 2.82. The summed E-state index contributed by atoms with van der Waals surface area (Å²) in [6.45, 7) is 8.54. The molecule has 0 aromatic carbocycles. The van der Waals surface area contributed by atoms with Crippen molar-refractivity contribution in [1.29, 1.82) is 0 Å². The Hall–Kier alpha value is -1.36. The maximum absolute atomic E-state index is 11.9. The van der Waals surface area contributed by atoms with Crippen molar-refractivity contribution in [1.82, 2.24) is 9.97 Å². The minimum atomic E-state index is -0.119. The normalized spacial score (nSPS) is 12.9. The maximum atomic E-state index is 11.9. The van der Waals surface area contributed by atoms with E-state index in [1.165, 1.54) is 13.2 Å². The van der Waals surface area contributed by atoms with Gasteiger partial charge in [0.25, 0.3) is 0 Å². The number of anilines is 1. The summed E-state index contributed by atoms with van der Waals surface area (Å²) in [6, 6.07) is 1.49. The highest BCUT2D eigenvalue weighted by molar-refractivity contribution is 6.29. The topological polar surface area (TPSA) is 64.1 Å². The van der Waals surface area contributed by atoms with Gasteiger partial charge >= 0.3 is 0 Å². The molecule has 0 radical (unpaired) electrons. The lowest BCUT2D eigenvalue weighted by atomic mass is 9.84. The monoisotopic (exact) mass is 299 g/mol. The van der Waals surface area contributed by atoms with Gasteiger partial charge in [0, 0.05) is 12.5 Å². The van der Waals surface area contributed by atoms with E-state index in [0.717, 1.165) is 6.42 Å². The number of rotatable bonds is 5. The number of amides is 1. The van der Waals surface area contributed by atoms with E-state index < -0.39 is 0 Å². The molecule has 5 nitrogen and oxygen atoms in total. The summed E-state index contributed by atoms with van der Waals surface area (Å²) in [5.41, 5.74) is 0.204. The Labute approximate surface area is 125 Å². The molecule has 0 fully saturated rings. The molecule has 1 N–H and O–H groups in total. The van der Waals surface area contributed by atoms with Gasteiger partial charge in [0.15, 0.2) is 0 Å². The van der Waals surface area contributed by atoms with Gasteiger partial charge in [-0.3, -0.25) is 10.1 Å². The first-order chi connectivity index (χ1) is 9.19. The predicted octanol–water partition coefficient (Wildman–Crippen LogP) is 3.54. The molecule has 0 aliphatic rings. The molecule has 1 aromatic heterocycles. The Morgan fingerprint density at radius 2 is 2.10 bits per heavy atom. The molecule has 1 amide bonds. The van der Waals surface area contributed by atoms with Crippen LogP contribution in [0, 0.1) is 11.3 Å². The summed E-state index contributed by atoms with van der Waals surface area (Å²) in [4.78, 5) is 19.9. The van der Waals surface area contributed by atoms with Crippen LogP contribution in [-0.4, -0.2) is 23.0 Å². The van der Waals surface area contributed by atoms with Crippen molar-refractivity contribution >= 4 is 23.5 Å². The highest BCUT2D eigenvalue weighted by Gasteiger charge is 2.18. The maximum Gasteiger partial charge on any atom is 0.234 e. The molecule has 1 atom stereocenters. The SMILES string of the molecule is COc1cc(Cl)nc(NC(=O)CC(C)CC(C)(C)C)n1. The number of carbonyl (C=O) groups excluding carboxylic acids is 1. The van der Waals surface area contributed by atoms with Gasteiger partial charge in [0.2, 0.25) is 17.7 Å². The first-order valence-electron chi connectivity index (χ1n) is 6.58. The fourth-order valence-electron chi connectivity index (χ4n) is 2.17. The summed E-state index contributed by atoms with van der Waals surface area (Å²) in [5.74, 6) is 0.660. The Bertz CT molecular complexity index is 472. The number of aromatic nitrogens is 2. The van der Waals surface area contributed by atoms with Gasteiger partial charge in [-0.25, -0.2) is 4.98 Å². The van der Waals surface area contributed by atoms with Gasteiger partial charge in [-0.15, -0.1) is 0 Å². The number of nitrogens with zero attached hydrogens (tertiary/aromatic N) is 2. The van der Waals surface area contributed by atoms with Crippen LogP contribution in [0.4, 0.5) is 5.95 Å². The van der Waals surface area contributed by atoms with Crippen LogP contribution >= 0.6 is 11.6 Å². The van der Waals surface area contributed by atoms with Gasteiger partial charge in [-0.2, -0.15) is 4.98 Å². The fourth-order valence-corrected chi connectivity index (χ4v) is 2.34. The van der Waals surface area contributed by atoms with Crippen molar-refractivity contribution in [2.75, 3.05) is 12.4 Å². The van der Waals surface area contributed by atoms with Gasteiger partial charge in [-0.1, -0.05) is 39.3 Å². The first-order valence-corrected chi connectivity index (χ1v) is 6.96. The lowest BCUT2D eigenvalue weighted by molar-refractivity contribution is -0.117.